The van der Waals surface area contributed by atoms with E-state index in [1.54, 1.807) is 12.1 Å². The van der Waals surface area contributed by atoms with E-state index in [2.05, 4.69) is 15.7 Å². The Hall–Kier alpha value is -1.56. The Kier molecular flexibility index (Phi) is 5.67. The highest BCUT2D eigenvalue weighted by Gasteiger charge is 2.19. The minimum absolute atomic E-state index is 0.0480. The van der Waals surface area contributed by atoms with Crippen molar-refractivity contribution in [2.45, 2.75) is 39.2 Å². The predicted octanol–water partition coefficient (Wildman–Crippen LogP) is 3.21. The molecule has 0 spiro atoms. The summed E-state index contributed by atoms with van der Waals surface area (Å²) >= 11 is 12.1. The first kappa shape index (κ1) is 18.2. The van der Waals surface area contributed by atoms with Crippen LogP contribution in [-0.2, 0) is 11.2 Å². The van der Waals surface area contributed by atoms with E-state index in [9.17, 15) is 4.79 Å². The molecule has 1 aliphatic rings. The molecule has 0 bridgehead atoms. The molecule has 1 aromatic carbocycles. The number of carbonyl (C=O) groups is 1. The van der Waals surface area contributed by atoms with Crippen molar-refractivity contribution in [1.82, 2.24) is 20.4 Å². The quantitative estimate of drug-likeness (QED) is 0.855. The largest absolute Gasteiger partial charge is 0.353 e. The highest BCUT2D eigenvalue weighted by Crippen LogP contribution is 2.26. The zero-order valence-corrected chi connectivity index (χ0v) is 15.9. The van der Waals surface area contributed by atoms with E-state index in [1.165, 1.54) is 0 Å². The van der Waals surface area contributed by atoms with Crippen LogP contribution in [0.3, 0.4) is 0 Å². The highest BCUT2D eigenvalue weighted by atomic mass is 35.5. The number of hydrogen-bond donors (Lipinski definition) is 2. The molecule has 1 aliphatic heterocycles. The number of rotatable bonds is 4. The van der Waals surface area contributed by atoms with Gasteiger partial charge in [-0.25, -0.2) is 4.68 Å². The van der Waals surface area contributed by atoms with Crippen molar-refractivity contribution in [2.75, 3.05) is 13.1 Å². The van der Waals surface area contributed by atoms with E-state index in [0.29, 0.717) is 16.5 Å². The Morgan fingerprint density at radius 1 is 1.28 bits per heavy atom. The zero-order chi connectivity index (χ0) is 18.0. The average molecular weight is 381 g/mol. The second kappa shape index (κ2) is 7.77. The van der Waals surface area contributed by atoms with Gasteiger partial charge < -0.3 is 10.6 Å². The Bertz CT molecular complexity index is 782. The lowest BCUT2D eigenvalue weighted by Crippen LogP contribution is -2.43. The Morgan fingerprint density at radius 2 is 2.00 bits per heavy atom. The summed E-state index contributed by atoms with van der Waals surface area (Å²) in [5.74, 6) is 0.0480. The maximum Gasteiger partial charge on any atom is 0.224 e. The number of hydrogen-bond acceptors (Lipinski definition) is 3. The molecule has 0 atom stereocenters. The summed E-state index contributed by atoms with van der Waals surface area (Å²) in [6.07, 6.45) is 2.29. The van der Waals surface area contributed by atoms with E-state index in [1.807, 2.05) is 24.6 Å². The van der Waals surface area contributed by atoms with Crippen LogP contribution in [0.5, 0.6) is 0 Å². The van der Waals surface area contributed by atoms with E-state index in [4.69, 9.17) is 23.2 Å². The first-order valence-corrected chi connectivity index (χ1v) is 9.22. The molecule has 1 aromatic heterocycles. The number of amides is 1. The molecule has 0 saturated carbocycles. The molecule has 1 saturated heterocycles. The number of aryl methyl sites for hydroxylation is 1. The van der Waals surface area contributed by atoms with Crippen LogP contribution in [0.4, 0.5) is 0 Å². The van der Waals surface area contributed by atoms with Gasteiger partial charge in [0.25, 0.3) is 0 Å². The van der Waals surface area contributed by atoms with Crippen LogP contribution in [0.15, 0.2) is 18.2 Å². The lowest BCUT2D eigenvalue weighted by atomic mass is 10.1. The lowest BCUT2D eigenvalue weighted by molar-refractivity contribution is -0.121. The number of nitrogens with one attached hydrogen (secondary N) is 2. The number of benzene rings is 1. The van der Waals surface area contributed by atoms with Gasteiger partial charge in [-0.2, -0.15) is 5.10 Å². The van der Waals surface area contributed by atoms with Gasteiger partial charge in [-0.15, -0.1) is 0 Å². The summed E-state index contributed by atoms with van der Waals surface area (Å²) < 4.78 is 1.81. The summed E-state index contributed by atoms with van der Waals surface area (Å²) in [5.41, 5.74) is 3.58. The number of aromatic nitrogens is 2. The van der Waals surface area contributed by atoms with Crippen LogP contribution in [0.1, 0.15) is 29.8 Å². The fourth-order valence-corrected chi connectivity index (χ4v) is 3.50. The van der Waals surface area contributed by atoms with Gasteiger partial charge in [0.1, 0.15) is 0 Å². The lowest BCUT2D eigenvalue weighted by Gasteiger charge is -2.23. The van der Waals surface area contributed by atoms with Crippen LogP contribution < -0.4 is 10.6 Å². The second-order valence-electron chi connectivity index (χ2n) is 6.43. The van der Waals surface area contributed by atoms with Gasteiger partial charge in [0.15, 0.2) is 0 Å². The van der Waals surface area contributed by atoms with Crippen molar-refractivity contribution < 1.29 is 4.79 Å². The van der Waals surface area contributed by atoms with Gasteiger partial charge in [0.05, 0.1) is 27.8 Å². The molecule has 7 heteroatoms. The minimum atomic E-state index is 0.0480. The molecule has 25 heavy (non-hydrogen) atoms. The predicted molar refractivity (Wildman–Crippen MR) is 101 cm³/mol. The van der Waals surface area contributed by atoms with Gasteiger partial charge in [-0.3, -0.25) is 4.79 Å². The van der Waals surface area contributed by atoms with Gasteiger partial charge >= 0.3 is 0 Å². The zero-order valence-electron chi connectivity index (χ0n) is 14.4. The van der Waals surface area contributed by atoms with E-state index < -0.39 is 0 Å². The monoisotopic (exact) mass is 380 g/mol. The number of carbonyl (C=O) groups excluding carboxylic acids is 1. The summed E-state index contributed by atoms with van der Waals surface area (Å²) in [5, 5.41) is 12.0. The fraction of sp³-hybridized carbons (Fsp3) is 0.444. The van der Waals surface area contributed by atoms with E-state index in [0.717, 1.165) is 48.6 Å². The summed E-state index contributed by atoms with van der Waals surface area (Å²) in [7, 11) is 0. The van der Waals surface area contributed by atoms with Gasteiger partial charge in [-0.1, -0.05) is 23.2 Å². The molecule has 0 unspecified atom stereocenters. The molecule has 0 aliphatic carbocycles. The van der Waals surface area contributed by atoms with Crippen molar-refractivity contribution in [3.8, 4) is 5.69 Å². The van der Waals surface area contributed by atoms with Crippen LogP contribution in [0.2, 0.25) is 10.0 Å². The maximum atomic E-state index is 12.4. The molecule has 2 aromatic rings. The van der Waals surface area contributed by atoms with Crippen LogP contribution in [-0.4, -0.2) is 34.8 Å². The normalized spacial score (nSPS) is 15.4. The fourth-order valence-electron chi connectivity index (χ4n) is 3.20. The minimum Gasteiger partial charge on any atom is -0.353 e. The van der Waals surface area contributed by atoms with Gasteiger partial charge in [0, 0.05) is 17.3 Å². The van der Waals surface area contributed by atoms with Gasteiger partial charge in [-0.05, 0) is 58.0 Å². The molecule has 134 valence electrons. The van der Waals surface area contributed by atoms with E-state index in [-0.39, 0.29) is 11.9 Å². The first-order valence-electron chi connectivity index (χ1n) is 8.46. The first-order chi connectivity index (χ1) is 12.0. The maximum absolute atomic E-state index is 12.4. The summed E-state index contributed by atoms with van der Waals surface area (Å²) in [6, 6.07) is 5.66. The Morgan fingerprint density at radius 3 is 2.68 bits per heavy atom. The van der Waals surface area contributed by atoms with Crippen molar-refractivity contribution in [1.29, 1.82) is 0 Å². The van der Waals surface area contributed by atoms with Crippen molar-refractivity contribution >= 4 is 29.1 Å². The average Bonchev–Trinajstić information content (AvgIpc) is 2.86. The molecular weight excluding hydrogens is 359 g/mol. The molecular formula is C18H22Cl2N4O. The van der Waals surface area contributed by atoms with Crippen molar-refractivity contribution in [3.63, 3.8) is 0 Å². The number of nitrogens with zero attached hydrogens (tertiary/aromatic N) is 2. The second-order valence-corrected chi connectivity index (χ2v) is 7.24. The Balaban J connectivity index is 1.77. The third kappa shape index (κ3) is 4.17. The molecule has 0 radical (unpaired) electrons. The standard InChI is InChI=1S/C18H22Cl2N4O/c1-11-15(10-18(25)22-13-5-7-21-8-6-13)12(2)24(23-11)14-3-4-16(19)17(20)9-14/h3-4,9,13,21H,5-8,10H2,1-2H3,(H,22,25). The third-order valence-corrected chi connectivity index (χ3v) is 5.37. The number of halogens is 2. The third-order valence-electron chi connectivity index (χ3n) is 4.63. The molecule has 2 N–H and O–H groups in total. The van der Waals surface area contributed by atoms with Crippen LogP contribution in [0, 0.1) is 13.8 Å². The molecule has 1 fully saturated rings. The van der Waals surface area contributed by atoms with Crippen molar-refractivity contribution in [2.24, 2.45) is 0 Å². The topological polar surface area (TPSA) is 59.0 Å². The Labute approximate surface area is 157 Å². The summed E-state index contributed by atoms with van der Waals surface area (Å²) in [4.78, 5) is 12.4. The highest BCUT2D eigenvalue weighted by molar-refractivity contribution is 6.42. The SMILES string of the molecule is Cc1nn(-c2ccc(Cl)c(Cl)c2)c(C)c1CC(=O)NC1CCNCC1. The smallest absolute Gasteiger partial charge is 0.224 e. The molecule has 5 nitrogen and oxygen atoms in total. The molecule has 1 amide bonds. The molecule has 2 heterocycles. The van der Waals surface area contributed by atoms with E-state index >= 15 is 0 Å². The van der Waals surface area contributed by atoms with Gasteiger partial charge in [0.2, 0.25) is 5.91 Å². The van der Waals surface area contributed by atoms with Crippen LogP contribution >= 0.6 is 23.2 Å². The van der Waals surface area contributed by atoms with Crippen molar-refractivity contribution in [3.05, 3.63) is 45.2 Å². The summed E-state index contributed by atoms with van der Waals surface area (Å²) in [6.45, 7) is 5.81. The molecule has 3 rings (SSSR count). The van der Waals surface area contributed by atoms with Crippen LogP contribution in [0.25, 0.3) is 5.69 Å². The number of piperidine rings is 1.